The first-order valence-corrected chi connectivity index (χ1v) is 7.98. The van der Waals surface area contributed by atoms with Crippen molar-refractivity contribution in [2.75, 3.05) is 0 Å². The number of carboxylic acids is 1. The van der Waals surface area contributed by atoms with Crippen molar-refractivity contribution in [1.82, 2.24) is 9.55 Å². The first-order valence-electron chi connectivity index (χ1n) is 7.98. The van der Waals surface area contributed by atoms with E-state index in [1.165, 1.54) is 4.57 Å². The van der Waals surface area contributed by atoms with E-state index in [4.69, 9.17) is 10.4 Å². The van der Waals surface area contributed by atoms with Gasteiger partial charge in [-0.25, -0.2) is 4.98 Å². The van der Waals surface area contributed by atoms with Gasteiger partial charge in [-0.15, -0.1) is 0 Å². The second kappa shape index (κ2) is 7.45. The van der Waals surface area contributed by atoms with Gasteiger partial charge in [0.2, 0.25) is 0 Å². The highest BCUT2D eigenvalue weighted by Gasteiger charge is 2.10. The highest BCUT2D eigenvalue weighted by Crippen LogP contribution is 2.12. The number of carboxylic acid groups (broad SMARTS) is 1. The van der Waals surface area contributed by atoms with Gasteiger partial charge in [0.1, 0.15) is 5.82 Å². The lowest BCUT2D eigenvalue weighted by Gasteiger charge is -2.10. The molecule has 0 spiro atoms. The van der Waals surface area contributed by atoms with Gasteiger partial charge in [-0.1, -0.05) is 30.3 Å². The lowest BCUT2D eigenvalue weighted by Crippen LogP contribution is -2.25. The molecule has 128 valence electrons. The predicted molar refractivity (Wildman–Crippen MR) is 98.3 cm³/mol. The Labute approximate surface area is 149 Å². The topological polar surface area (TPSA) is 96.0 Å². The van der Waals surface area contributed by atoms with E-state index < -0.39 is 5.97 Å². The Morgan fingerprint density at radius 2 is 1.88 bits per heavy atom. The zero-order chi connectivity index (χ0) is 18.5. The second-order valence-corrected chi connectivity index (χ2v) is 5.65. The van der Waals surface area contributed by atoms with Gasteiger partial charge in [0.05, 0.1) is 29.0 Å². The van der Waals surface area contributed by atoms with Gasteiger partial charge in [0.15, 0.2) is 0 Å². The number of nitriles is 1. The van der Waals surface area contributed by atoms with Crippen molar-refractivity contribution in [3.05, 3.63) is 75.8 Å². The van der Waals surface area contributed by atoms with Crippen molar-refractivity contribution in [3.63, 3.8) is 0 Å². The van der Waals surface area contributed by atoms with Crippen molar-refractivity contribution in [2.24, 2.45) is 0 Å². The summed E-state index contributed by atoms with van der Waals surface area (Å²) in [5.74, 6) is -0.591. The molecule has 0 aliphatic carbocycles. The Balaban J connectivity index is 2.05. The first-order chi connectivity index (χ1) is 12.6. The van der Waals surface area contributed by atoms with E-state index in [-0.39, 0.29) is 18.5 Å². The molecular formula is C20H15N3O3. The zero-order valence-corrected chi connectivity index (χ0v) is 13.8. The minimum atomic E-state index is -0.980. The highest BCUT2D eigenvalue weighted by atomic mass is 16.4. The normalized spacial score (nSPS) is 10.9. The fraction of sp³-hybridized carbons (Fsp3) is 0.100. The van der Waals surface area contributed by atoms with Gasteiger partial charge in [0, 0.05) is 6.54 Å². The molecule has 6 heteroatoms. The molecule has 0 aliphatic rings. The quantitative estimate of drug-likeness (QED) is 0.767. The monoisotopic (exact) mass is 345 g/mol. The maximum atomic E-state index is 12.7. The van der Waals surface area contributed by atoms with Crippen molar-refractivity contribution in [3.8, 4) is 6.07 Å². The number of para-hydroxylation sites is 1. The van der Waals surface area contributed by atoms with Gasteiger partial charge in [0.25, 0.3) is 5.56 Å². The summed E-state index contributed by atoms with van der Waals surface area (Å²) in [7, 11) is 0. The number of nitrogens with zero attached hydrogens (tertiary/aromatic N) is 3. The Morgan fingerprint density at radius 3 is 2.58 bits per heavy atom. The maximum absolute atomic E-state index is 12.7. The van der Waals surface area contributed by atoms with Crippen LogP contribution in [0.2, 0.25) is 0 Å². The third kappa shape index (κ3) is 3.68. The van der Waals surface area contributed by atoms with Crippen LogP contribution in [0.25, 0.3) is 23.1 Å². The molecule has 0 amide bonds. The van der Waals surface area contributed by atoms with Crippen LogP contribution in [0.5, 0.6) is 0 Å². The van der Waals surface area contributed by atoms with E-state index >= 15 is 0 Å². The third-order valence-electron chi connectivity index (χ3n) is 3.91. The van der Waals surface area contributed by atoms with Gasteiger partial charge < -0.3 is 5.11 Å². The minimum absolute atomic E-state index is 0.0407. The summed E-state index contributed by atoms with van der Waals surface area (Å²) >= 11 is 0. The lowest BCUT2D eigenvalue weighted by atomic mass is 10.1. The number of aromatic nitrogens is 2. The van der Waals surface area contributed by atoms with Crippen molar-refractivity contribution in [1.29, 1.82) is 5.26 Å². The molecule has 0 bridgehead atoms. The van der Waals surface area contributed by atoms with Gasteiger partial charge in [-0.3, -0.25) is 14.2 Å². The molecule has 0 fully saturated rings. The van der Waals surface area contributed by atoms with Crippen LogP contribution in [0.15, 0.2) is 53.3 Å². The zero-order valence-electron chi connectivity index (χ0n) is 13.8. The Hall–Kier alpha value is -3.72. The number of rotatable bonds is 5. The molecule has 1 aromatic heterocycles. The molecule has 1 N–H and O–H groups in total. The average Bonchev–Trinajstić information content (AvgIpc) is 2.66. The van der Waals surface area contributed by atoms with E-state index in [2.05, 4.69) is 11.1 Å². The fourth-order valence-electron chi connectivity index (χ4n) is 2.58. The van der Waals surface area contributed by atoms with Gasteiger partial charge in [-0.05, 0) is 35.9 Å². The van der Waals surface area contributed by atoms with E-state index in [0.717, 1.165) is 5.56 Å². The number of aliphatic carboxylic acids is 1. The second-order valence-electron chi connectivity index (χ2n) is 5.65. The summed E-state index contributed by atoms with van der Waals surface area (Å²) in [5.41, 5.74) is 1.69. The molecule has 2 aromatic carbocycles. The molecule has 6 nitrogen and oxygen atoms in total. The highest BCUT2D eigenvalue weighted by molar-refractivity contribution is 5.79. The van der Waals surface area contributed by atoms with Crippen molar-refractivity contribution >= 4 is 29.0 Å². The maximum Gasteiger partial charge on any atom is 0.305 e. The van der Waals surface area contributed by atoms with E-state index in [0.29, 0.717) is 22.3 Å². The van der Waals surface area contributed by atoms with E-state index in [1.54, 1.807) is 60.7 Å². The Bertz CT molecular complexity index is 1090. The SMILES string of the molecule is N#Cc1ccc(/C=C\c2nc3ccccc3c(=O)n2CCC(=O)O)cc1. The summed E-state index contributed by atoms with van der Waals surface area (Å²) in [6.07, 6.45) is 3.28. The Kier molecular flexibility index (Phi) is 4.90. The summed E-state index contributed by atoms with van der Waals surface area (Å²) in [5, 5.41) is 18.2. The summed E-state index contributed by atoms with van der Waals surface area (Å²) in [4.78, 5) is 28.1. The molecule has 3 rings (SSSR count). The average molecular weight is 345 g/mol. The molecule has 1 heterocycles. The summed E-state index contributed by atoms with van der Waals surface area (Å²) in [6, 6.07) is 16.0. The van der Waals surface area contributed by atoms with Crippen LogP contribution in [0.4, 0.5) is 0 Å². The van der Waals surface area contributed by atoms with Crippen LogP contribution in [0.3, 0.4) is 0 Å². The van der Waals surface area contributed by atoms with Gasteiger partial charge in [-0.2, -0.15) is 5.26 Å². The molecule has 0 aliphatic heterocycles. The van der Waals surface area contributed by atoms with E-state index in [1.807, 2.05) is 0 Å². The molecule has 26 heavy (non-hydrogen) atoms. The minimum Gasteiger partial charge on any atom is -0.481 e. The lowest BCUT2D eigenvalue weighted by molar-refractivity contribution is -0.137. The standard InChI is InChI=1S/C20H15N3O3/c21-13-15-7-5-14(6-8-15)9-10-18-22-17-4-2-1-3-16(17)20(26)23(18)12-11-19(24)25/h1-10H,11-12H2,(H,24,25)/b10-9-. The van der Waals surface area contributed by atoms with Gasteiger partial charge >= 0.3 is 5.97 Å². The first kappa shape index (κ1) is 17.1. The fourth-order valence-corrected chi connectivity index (χ4v) is 2.58. The molecular weight excluding hydrogens is 330 g/mol. The number of hydrogen-bond donors (Lipinski definition) is 1. The van der Waals surface area contributed by atoms with Crippen molar-refractivity contribution < 1.29 is 9.90 Å². The molecule has 0 unspecified atom stereocenters. The number of carbonyl (C=O) groups is 1. The molecule has 0 radical (unpaired) electrons. The van der Waals surface area contributed by atoms with Crippen LogP contribution < -0.4 is 5.56 Å². The molecule has 0 saturated heterocycles. The third-order valence-corrected chi connectivity index (χ3v) is 3.91. The van der Waals surface area contributed by atoms with E-state index in [9.17, 15) is 9.59 Å². The van der Waals surface area contributed by atoms with Crippen LogP contribution in [0, 0.1) is 11.3 Å². The van der Waals surface area contributed by atoms with Crippen LogP contribution >= 0.6 is 0 Å². The molecule has 0 saturated carbocycles. The molecule has 3 aromatic rings. The summed E-state index contributed by atoms with van der Waals surface area (Å²) in [6.45, 7) is 0.0407. The van der Waals surface area contributed by atoms with Crippen LogP contribution in [0.1, 0.15) is 23.4 Å². The number of fused-ring (bicyclic) bond motifs is 1. The molecule has 0 atom stereocenters. The largest absolute Gasteiger partial charge is 0.481 e. The van der Waals surface area contributed by atoms with Crippen molar-refractivity contribution in [2.45, 2.75) is 13.0 Å². The predicted octanol–water partition coefficient (Wildman–Crippen LogP) is 2.91. The Morgan fingerprint density at radius 1 is 1.15 bits per heavy atom. The number of hydrogen-bond acceptors (Lipinski definition) is 4. The summed E-state index contributed by atoms with van der Waals surface area (Å²) < 4.78 is 1.37. The smallest absolute Gasteiger partial charge is 0.305 e. The van der Waals surface area contributed by atoms with Crippen LogP contribution in [-0.4, -0.2) is 20.6 Å². The number of benzene rings is 2. The van der Waals surface area contributed by atoms with Crippen LogP contribution in [-0.2, 0) is 11.3 Å².